The average molecular weight is 253 g/mol. The van der Waals surface area contributed by atoms with Gasteiger partial charge in [-0.05, 0) is 24.0 Å². The fraction of sp³-hybridized carbons (Fsp3) is 0.417. The van der Waals surface area contributed by atoms with Gasteiger partial charge in [-0.25, -0.2) is 0 Å². The summed E-state index contributed by atoms with van der Waals surface area (Å²) in [4.78, 5) is 11.7. The zero-order chi connectivity index (χ0) is 10.1. The highest BCUT2D eigenvalue weighted by Crippen LogP contribution is 2.39. The zero-order valence-electron chi connectivity index (χ0n) is 8.16. The van der Waals surface area contributed by atoms with E-state index in [1.165, 1.54) is 0 Å². The lowest BCUT2D eigenvalue weighted by Crippen LogP contribution is -2.06. The molecule has 0 aliphatic heterocycles. The van der Waals surface area contributed by atoms with Crippen LogP contribution in [0.2, 0.25) is 0 Å². The van der Waals surface area contributed by atoms with E-state index in [9.17, 15) is 4.79 Å². The molecule has 1 aliphatic rings. The van der Waals surface area contributed by atoms with E-state index in [4.69, 9.17) is 0 Å². The maximum Gasteiger partial charge on any atom is 0.140 e. The van der Waals surface area contributed by atoms with Crippen LogP contribution in [-0.4, -0.2) is 5.78 Å². The van der Waals surface area contributed by atoms with E-state index in [-0.39, 0.29) is 0 Å². The van der Waals surface area contributed by atoms with E-state index in [0.29, 0.717) is 24.0 Å². The molecule has 0 bridgehead atoms. The Labute approximate surface area is 92.6 Å². The third-order valence-corrected chi connectivity index (χ3v) is 3.62. The number of carbonyl (C=O) groups is 1. The molecule has 0 heterocycles. The maximum atomic E-state index is 11.7. The number of hydrogen-bond donors (Lipinski definition) is 0. The first-order valence-electron chi connectivity index (χ1n) is 4.94. The van der Waals surface area contributed by atoms with Gasteiger partial charge in [-0.15, -0.1) is 0 Å². The van der Waals surface area contributed by atoms with Gasteiger partial charge in [-0.1, -0.05) is 41.1 Å². The minimum Gasteiger partial charge on any atom is -0.299 e. The third-order valence-electron chi connectivity index (χ3n) is 2.85. The summed E-state index contributed by atoms with van der Waals surface area (Å²) in [5.41, 5.74) is 1.11. The summed E-state index contributed by atoms with van der Waals surface area (Å²) in [6.45, 7) is 2.14. The topological polar surface area (TPSA) is 17.1 Å². The Hall–Kier alpha value is -0.630. The van der Waals surface area contributed by atoms with E-state index in [2.05, 4.69) is 22.9 Å². The van der Waals surface area contributed by atoms with Crippen LogP contribution >= 0.6 is 15.9 Å². The summed E-state index contributed by atoms with van der Waals surface area (Å²) in [6.07, 6.45) is 1.67. The average Bonchev–Trinajstić information content (AvgIpc) is 2.87. The number of rotatable bonds is 3. The lowest BCUT2D eigenvalue weighted by Gasteiger charge is -2.02. The molecule has 14 heavy (non-hydrogen) atoms. The Morgan fingerprint density at radius 3 is 2.71 bits per heavy atom. The van der Waals surface area contributed by atoms with Crippen molar-refractivity contribution in [2.45, 2.75) is 19.8 Å². The molecule has 2 atom stereocenters. The van der Waals surface area contributed by atoms with Gasteiger partial charge < -0.3 is 0 Å². The van der Waals surface area contributed by atoms with Crippen LogP contribution in [0.15, 0.2) is 28.7 Å². The molecule has 1 saturated carbocycles. The maximum absolute atomic E-state index is 11.7. The van der Waals surface area contributed by atoms with Crippen LogP contribution in [0.3, 0.4) is 0 Å². The van der Waals surface area contributed by atoms with Crippen molar-refractivity contribution in [1.29, 1.82) is 0 Å². The first-order valence-corrected chi connectivity index (χ1v) is 5.74. The Kier molecular flexibility index (Phi) is 2.73. The minimum absolute atomic E-state index is 0.335. The molecule has 0 spiro atoms. The van der Waals surface area contributed by atoms with Crippen molar-refractivity contribution in [2.24, 2.45) is 11.8 Å². The van der Waals surface area contributed by atoms with Crippen LogP contribution in [0, 0.1) is 11.8 Å². The molecule has 0 saturated heterocycles. The number of ketones is 1. The number of carbonyl (C=O) groups excluding carboxylic acids is 1. The molecule has 1 aromatic rings. The highest BCUT2D eigenvalue weighted by atomic mass is 79.9. The van der Waals surface area contributed by atoms with E-state index in [1.807, 2.05) is 24.3 Å². The molecule has 1 fully saturated rings. The molecule has 2 rings (SSSR count). The van der Waals surface area contributed by atoms with Gasteiger partial charge in [-0.2, -0.15) is 0 Å². The fourth-order valence-corrected chi connectivity index (χ4v) is 2.16. The number of halogens is 1. The molecule has 0 aromatic heterocycles. The van der Waals surface area contributed by atoms with Crippen LogP contribution in [-0.2, 0) is 11.2 Å². The Morgan fingerprint density at radius 2 is 2.14 bits per heavy atom. The van der Waals surface area contributed by atoms with Crippen LogP contribution in [0.5, 0.6) is 0 Å². The number of hydrogen-bond acceptors (Lipinski definition) is 1. The van der Waals surface area contributed by atoms with Crippen LogP contribution in [0.4, 0.5) is 0 Å². The molecule has 74 valence electrons. The highest BCUT2D eigenvalue weighted by Gasteiger charge is 2.38. The third kappa shape index (κ3) is 2.06. The Morgan fingerprint density at radius 1 is 1.50 bits per heavy atom. The van der Waals surface area contributed by atoms with E-state index in [0.717, 1.165) is 16.5 Å². The van der Waals surface area contributed by atoms with Crippen molar-refractivity contribution < 1.29 is 4.79 Å². The zero-order valence-corrected chi connectivity index (χ0v) is 9.75. The molecule has 1 nitrogen and oxygen atoms in total. The minimum atomic E-state index is 0.335. The summed E-state index contributed by atoms with van der Waals surface area (Å²) in [5, 5.41) is 0. The lowest BCUT2D eigenvalue weighted by molar-refractivity contribution is -0.119. The van der Waals surface area contributed by atoms with Crippen molar-refractivity contribution in [2.75, 3.05) is 0 Å². The van der Waals surface area contributed by atoms with Gasteiger partial charge in [-0.3, -0.25) is 4.79 Å². The van der Waals surface area contributed by atoms with Crippen LogP contribution in [0.1, 0.15) is 18.9 Å². The molecule has 2 unspecified atom stereocenters. The summed E-state index contributed by atoms with van der Waals surface area (Å²) in [7, 11) is 0. The van der Waals surface area contributed by atoms with Gasteiger partial charge >= 0.3 is 0 Å². The molecular formula is C12H13BrO. The second-order valence-corrected chi connectivity index (χ2v) is 4.91. The van der Waals surface area contributed by atoms with Crippen LogP contribution < -0.4 is 0 Å². The summed E-state index contributed by atoms with van der Waals surface area (Å²) in [6, 6.07) is 7.94. The van der Waals surface area contributed by atoms with E-state index < -0.39 is 0 Å². The molecule has 0 radical (unpaired) electrons. The molecular weight excluding hydrogens is 240 g/mol. The monoisotopic (exact) mass is 252 g/mol. The summed E-state index contributed by atoms with van der Waals surface area (Å²) < 4.78 is 1.04. The lowest BCUT2D eigenvalue weighted by atomic mass is 10.1. The highest BCUT2D eigenvalue weighted by molar-refractivity contribution is 9.10. The van der Waals surface area contributed by atoms with E-state index in [1.54, 1.807) is 0 Å². The largest absolute Gasteiger partial charge is 0.299 e. The normalized spacial score (nSPS) is 24.7. The fourth-order valence-electron chi connectivity index (χ4n) is 1.73. The predicted octanol–water partition coefficient (Wildman–Crippen LogP) is 3.22. The van der Waals surface area contributed by atoms with E-state index >= 15 is 0 Å². The second kappa shape index (κ2) is 3.85. The van der Waals surface area contributed by atoms with Gasteiger partial charge in [0.05, 0.1) is 0 Å². The Balaban J connectivity index is 2.04. The van der Waals surface area contributed by atoms with Gasteiger partial charge in [0.2, 0.25) is 0 Å². The predicted molar refractivity (Wildman–Crippen MR) is 60.1 cm³/mol. The molecule has 1 aliphatic carbocycles. The van der Waals surface area contributed by atoms with Crippen LogP contribution in [0.25, 0.3) is 0 Å². The molecule has 1 aromatic carbocycles. The quantitative estimate of drug-likeness (QED) is 0.808. The van der Waals surface area contributed by atoms with Gasteiger partial charge in [0.1, 0.15) is 5.78 Å². The summed E-state index contributed by atoms with van der Waals surface area (Å²) in [5.74, 6) is 1.34. The van der Waals surface area contributed by atoms with Crippen molar-refractivity contribution >= 4 is 21.7 Å². The smallest absolute Gasteiger partial charge is 0.140 e. The first kappa shape index (κ1) is 9.91. The Bertz CT molecular complexity index is 359. The first-order chi connectivity index (χ1) is 6.68. The number of Topliss-reactive ketones (excluding diaryl/α,β-unsaturated/α-hetero) is 1. The SMILES string of the molecule is CC1CC1C(=O)Cc1ccccc1Br. The van der Waals surface area contributed by atoms with Gasteiger partial charge in [0.15, 0.2) is 0 Å². The van der Waals surface area contributed by atoms with Crippen molar-refractivity contribution in [3.05, 3.63) is 34.3 Å². The molecule has 0 amide bonds. The van der Waals surface area contributed by atoms with Crippen molar-refractivity contribution in [1.82, 2.24) is 0 Å². The summed E-state index contributed by atoms with van der Waals surface area (Å²) >= 11 is 3.46. The standard InChI is InChI=1S/C12H13BrO/c1-8-6-10(8)12(14)7-9-4-2-3-5-11(9)13/h2-5,8,10H,6-7H2,1H3. The molecule has 0 N–H and O–H groups in total. The van der Waals surface area contributed by atoms with Gasteiger partial charge in [0, 0.05) is 16.8 Å². The van der Waals surface area contributed by atoms with Gasteiger partial charge in [0.25, 0.3) is 0 Å². The van der Waals surface area contributed by atoms with Crippen molar-refractivity contribution in [3.63, 3.8) is 0 Å². The number of benzene rings is 1. The van der Waals surface area contributed by atoms with Crippen molar-refractivity contribution in [3.8, 4) is 0 Å². The molecule has 2 heteroatoms. The second-order valence-electron chi connectivity index (χ2n) is 4.05.